The third kappa shape index (κ3) is 2.81. The average Bonchev–Trinajstić information content (AvgIpc) is 2.68. The first-order valence-electron chi connectivity index (χ1n) is 5.79. The van der Waals surface area contributed by atoms with Crippen molar-refractivity contribution in [1.29, 1.82) is 0 Å². The average molecular weight is 269 g/mol. The molecule has 0 spiro atoms. The summed E-state index contributed by atoms with van der Waals surface area (Å²) in [4.78, 5) is 14.0. The number of rotatable bonds is 2. The Labute approximate surface area is 109 Å². The van der Waals surface area contributed by atoms with Crippen LogP contribution in [0.5, 0.6) is 0 Å². The summed E-state index contributed by atoms with van der Waals surface area (Å²) in [5.41, 5.74) is 8.54. The van der Waals surface area contributed by atoms with Gasteiger partial charge < -0.3 is 18.9 Å². The lowest BCUT2D eigenvalue weighted by atomic mass is 9.95. The summed E-state index contributed by atoms with van der Waals surface area (Å²) < 4.78 is 20.9. The number of hydrogen-bond acceptors (Lipinski definition) is 6. The summed E-state index contributed by atoms with van der Waals surface area (Å²) in [7, 11) is 1.23. The zero-order chi connectivity index (χ0) is 14.0. The molecular weight excluding hydrogens is 254 g/mol. The Balaban J connectivity index is 2.21. The predicted molar refractivity (Wildman–Crippen MR) is 63.2 cm³/mol. The second-order valence-electron chi connectivity index (χ2n) is 4.68. The zero-order valence-corrected chi connectivity index (χ0v) is 10.8. The summed E-state index contributed by atoms with van der Waals surface area (Å²) in [5, 5.41) is 3.64. The molecule has 0 radical (unpaired) electrons. The Morgan fingerprint density at radius 1 is 1.37 bits per heavy atom. The summed E-state index contributed by atoms with van der Waals surface area (Å²) in [6.45, 7) is 3.49. The molecule has 8 nitrogen and oxygen atoms in total. The Morgan fingerprint density at radius 2 is 2.05 bits per heavy atom. The molecule has 0 aromatic carbocycles. The first-order chi connectivity index (χ1) is 8.96. The van der Waals surface area contributed by atoms with Gasteiger partial charge in [-0.3, -0.25) is 0 Å². The van der Waals surface area contributed by atoms with Crippen molar-refractivity contribution in [3.8, 4) is 0 Å². The zero-order valence-electron chi connectivity index (χ0n) is 10.8. The van der Waals surface area contributed by atoms with E-state index in [1.165, 1.54) is 7.11 Å². The molecule has 0 saturated carbocycles. The van der Waals surface area contributed by atoms with Crippen molar-refractivity contribution in [1.82, 2.24) is 0 Å². The number of hydrogen-bond donors (Lipinski definition) is 0. The highest BCUT2D eigenvalue weighted by Crippen LogP contribution is 2.36. The van der Waals surface area contributed by atoms with E-state index in [2.05, 4.69) is 14.8 Å². The van der Waals surface area contributed by atoms with Gasteiger partial charge in [-0.15, -0.1) is 0 Å². The highest BCUT2D eigenvalue weighted by atomic mass is 16.8. The Kier molecular flexibility index (Phi) is 3.66. The number of fused-ring (bicyclic) bond motifs is 1. The van der Waals surface area contributed by atoms with Crippen LogP contribution in [0.4, 0.5) is 4.79 Å². The molecule has 0 aromatic rings. The number of ether oxygens (including phenoxy) is 4. The van der Waals surface area contributed by atoms with Crippen LogP contribution in [-0.2, 0) is 18.9 Å². The van der Waals surface area contributed by atoms with E-state index in [4.69, 9.17) is 19.7 Å². The molecule has 0 N–H and O–H groups in total. The highest BCUT2D eigenvalue weighted by molar-refractivity contribution is 5.60. The van der Waals surface area contributed by atoms with Crippen LogP contribution in [0, 0.1) is 0 Å². The summed E-state index contributed by atoms with van der Waals surface area (Å²) in [6.07, 6.45) is 0.787. The molecule has 8 heteroatoms. The van der Waals surface area contributed by atoms with Gasteiger partial charge in [0.15, 0.2) is 11.9 Å². The minimum absolute atomic E-state index is 0.491. The monoisotopic (exact) mass is 269 g/mol. The molecule has 4 atom stereocenters. The van der Waals surface area contributed by atoms with E-state index in [0.717, 1.165) is 0 Å². The standard InChI is InChI=1S/C11H15N3O5/c1-11(2)18-8-6(13-14-12)4-5-7(9(8)19-11)17-10(15)16-3/h4-9H,1-3H3/t6-,7+,8+,9-/m1/s1. The van der Waals surface area contributed by atoms with E-state index in [0.29, 0.717) is 0 Å². The highest BCUT2D eigenvalue weighted by Gasteiger charge is 2.50. The second kappa shape index (κ2) is 5.08. The van der Waals surface area contributed by atoms with Crippen LogP contribution in [0.1, 0.15) is 13.8 Å². The third-order valence-corrected chi connectivity index (χ3v) is 2.91. The first-order valence-corrected chi connectivity index (χ1v) is 5.79. The van der Waals surface area contributed by atoms with Crippen molar-refractivity contribution >= 4 is 6.16 Å². The van der Waals surface area contributed by atoms with Crippen LogP contribution in [0.15, 0.2) is 17.3 Å². The number of carbonyl (C=O) groups is 1. The number of azide groups is 1. The summed E-state index contributed by atoms with van der Waals surface area (Å²) >= 11 is 0. The lowest BCUT2D eigenvalue weighted by molar-refractivity contribution is -0.153. The van der Waals surface area contributed by atoms with Gasteiger partial charge in [-0.25, -0.2) is 4.79 Å². The molecular formula is C11H15N3O5. The third-order valence-electron chi connectivity index (χ3n) is 2.91. The Bertz CT molecular complexity index is 444. The predicted octanol–water partition coefficient (Wildman–Crippen LogP) is 1.91. The van der Waals surface area contributed by atoms with E-state index >= 15 is 0 Å². The maximum Gasteiger partial charge on any atom is 0.508 e. The fourth-order valence-corrected chi connectivity index (χ4v) is 2.21. The molecule has 0 bridgehead atoms. The number of methoxy groups -OCH3 is 1. The first kappa shape index (κ1) is 13.7. The smallest absolute Gasteiger partial charge is 0.438 e. The normalized spacial score (nSPS) is 35.1. The molecule has 1 heterocycles. The van der Waals surface area contributed by atoms with Crippen molar-refractivity contribution in [3.63, 3.8) is 0 Å². The van der Waals surface area contributed by atoms with Gasteiger partial charge in [0.2, 0.25) is 0 Å². The molecule has 0 aromatic heterocycles. The SMILES string of the molecule is COC(=O)O[C@H]1C=C[C@@H](N=[N+]=[N-])[C@@H]2OC(C)(C)O[C@@H]21. The number of nitrogens with zero attached hydrogens (tertiary/aromatic N) is 3. The maximum absolute atomic E-state index is 11.2. The summed E-state index contributed by atoms with van der Waals surface area (Å²) in [6, 6.07) is -0.491. The molecule has 1 fully saturated rings. The minimum Gasteiger partial charge on any atom is -0.438 e. The molecule has 2 aliphatic rings. The van der Waals surface area contributed by atoms with Gasteiger partial charge in [-0.2, -0.15) is 0 Å². The number of carbonyl (C=O) groups excluding carboxylic acids is 1. The molecule has 19 heavy (non-hydrogen) atoms. The van der Waals surface area contributed by atoms with Crippen LogP contribution >= 0.6 is 0 Å². The van der Waals surface area contributed by atoms with Crippen LogP contribution in [0.3, 0.4) is 0 Å². The van der Waals surface area contributed by atoms with Gasteiger partial charge in [-0.1, -0.05) is 11.2 Å². The van der Waals surface area contributed by atoms with Crippen LogP contribution in [0.2, 0.25) is 0 Å². The molecule has 1 saturated heterocycles. The van der Waals surface area contributed by atoms with Crippen molar-refractivity contribution < 1.29 is 23.7 Å². The molecule has 1 aliphatic heterocycles. The second-order valence-corrected chi connectivity index (χ2v) is 4.68. The van der Waals surface area contributed by atoms with Gasteiger partial charge in [0.05, 0.1) is 13.2 Å². The lowest BCUT2D eigenvalue weighted by Gasteiger charge is -2.29. The van der Waals surface area contributed by atoms with E-state index in [1.807, 2.05) is 0 Å². The fourth-order valence-electron chi connectivity index (χ4n) is 2.21. The fraction of sp³-hybridized carbons (Fsp3) is 0.727. The topological polar surface area (TPSA) is 103 Å². The Morgan fingerprint density at radius 3 is 2.68 bits per heavy atom. The van der Waals surface area contributed by atoms with Crippen molar-refractivity contribution in [2.45, 2.75) is 44.0 Å². The van der Waals surface area contributed by atoms with E-state index in [-0.39, 0.29) is 0 Å². The Hall–Kier alpha value is -1.76. The molecule has 104 valence electrons. The quantitative estimate of drug-likeness (QED) is 0.250. The van der Waals surface area contributed by atoms with Gasteiger partial charge >= 0.3 is 6.16 Å². The minimum atomic E-state index is -0.831. The van der Waals surface area contributed by atoms with Crippen LogP contribution in [-0.4, -0.2) is 43.4 Å². The lowest BCUT2D eigenvalue weighted by Crippen LogP contribution is -2.45. The van der Waals surface area contributed by atoms with Crippen LogP contribution < -0.4 is 0 Å². The van der Waals surface area contributed by atoms with E-state index in [1.54, 1.807) is 26.0 Å². The molecule has 0 unspecified atom stereocenters. The van der Waals surface area contributed by atoms with Crippen LogP contribution in [0.25, 0.3) is 10.4 Å². The molecule has 1 aliphatic carbocycles. The molecule has 2 rings (SSSR count). The van der Waals surface area contributed by atoms with Gasteiger partial charge in [0.1, 0.15) is 12.2 Å². The van der Waals surface area contributed by atoms with Gasteiger partial charge in [-0.05, 0) is 25.5 Å². The van der Waals surface area contributed by atoms with E-state index < -0.39 is 36.3 Å². The van der Waals surface area contributed by atoms with Crippen molar-refractivity contribution in [3.05, 3.63) is 22.6 Å². The van der Waals surface area contributed by atoms with Crippen molar-refractivity contribution in [2.75, 3.05) is 7.11 Å². The van der Waals surface area contributed by atoms with Crippen molar-refractivity contribution in [2.24, 2.45) is 5.11 Å². The maximum atomic E-state index is 11.2. The van der Waals surface area contributed by atoms with Gasteiger partial charge in [0, 0.05) is 4.91 Å². The molecule has 0 amide bonds. The largest absolute Gasteiger partial charge is 0.508 e. The van der Waals surface area contributed by atoms with Gasteiger partial charge in [0.25, 0.3) is 0 Å². The van der Waals surface area contributed by atoms with E-state index in [9.17, 15) is 4.79 Å². The summed E-state index contributed by atoms with van der Waals surface area (Å²) in [5.74, 6) is -0.831.